The lowest BCUT2D eigenvalue weighted by Crippen LogP contribution is -2.30. The summed E-state index contributed by atoms with van der Waals surface area (Å²) in [6.07, 6.45) is 0. The van der Waals surface area contributed by atoms with Crippen molar-refractivity contribution < 1.29 is 18.3 Å². The summed E-state index contributed by atoms with van der Waals surface area (Å²) in [6, 6.07) is 3.84. The molecule has 1 aromatic rings. The molecule has 0 spiro atoms. The molecule has 20 heavy (non-hydrogen) atoms. The van der Waals surface area contributed by atoms with Crippen molar-refractivity contribution in [2.75, 3.05) is 6.54 Å². The Labute approximate surface area is 127 Å². The molecule has 0 aliphatic carbocycles. The van der Waals surface area contributed by atoms with Crippen molar-refractivity contribution in [2.24, 2.45) is 11.8 Å². The van der Waals surface area contributed by atoms with Crippen LogP contribution >= 0.6 is 15.9 Å². The minimum absolute atomic E-state index is 0.0337. The predicted molar refractivity (Wildman–Crippen MR) is 80.3 cm³/mol. The van der Waals surface area contributed by atoms with Crippen molar-refractivity contribution in [3.63, 3.8) is 0 Å². The largest absolute Gasteiger partial charge is 0.478 e. The van der Waals surface area contributed by atoms with Gasteiger partial charge in [-0.15, -0.1) is 0 Å². The van der Waals surface area contributed by atoms with E-state index in [1.54, 1.807) is 0 Å². The lowest BCUT2D eigenvalue weighted by molar-refractivity contribution is 0.0696. The molecule has 7 heteroatoms. The molecule has 2 N–H and O–H groups in total. The fourth-order valence-electron chi connectivity index (χ4n) is 1.41. The first kappa shape index (κ1) is 17.1. The Morgan fingerprint density at radius 1 is 1.35 bits per heavy atom. The molecule has 0 heterocycles. The van der Waals surface area contributed by atoms with E-state index < -0.39 is 16.0 Å². The van der Waals surface area contributed by atoms with Crippen LogP contribution in [0.2, 0.25) is 0 Å². The highest BCUT2D eigenvalue weighted by molar-refractivity contribution is 9.10. The first-order valence-corrected chi connectivity index (χ1v) is 8.45. The number of sulfonamides is 1. The predicted octanol–water partition coefficient (Wildman–Crippen LogP) is 2.72. The number of aromatic carboxylic acids is 1. The highest BCUT2D eigenvalue weighted by atomic mass is 79.9. The van der Waals surface area contributed by atoms with E-state index in [9.17, 15) is 13.2 Å². The van der Waals surface area contributed by atoms with Crippen LogP contribution in [0.1, 0.15) is 31.1 Å². The Balaban J connectivity index is 2.96. The van der Waals surface area contributed by atoms with Crippen LogP contribution in [-0.4, -0.2) is 26.0 Å². The van der Waals surface area contributed by atoms with Crippen LogP contribution in [-0.2, 0) is 10.0 Å². The Morgan fingerprint density at radius 3 is 2.40 bits per heavy atom. The van der Waals surface area contributed by atoms with Gasteiger partial charge in [0.15, 0.2) is 0 Å². The lowest BCUT2D eigenvalue weighted by atomic mass is 9.99. The monoisotopic (exact) mass is 363 g/mol. The molecule has 112 valence electrons. The van der Waals surface area contributed by atoms with Crippen LogP contribution in [0.15, 0.2) is 27.6 Å². The molecule has 0 aromatic heterocycles. The number of rotatable bonds is 6. The van der Waals surface area contributed by atoms with Crippen molar-refractivity contribution in [1.29, 1.82) is 0 Å². The average Bonchev–Trinajstić information content (AvgIpc) is 2.35. The molecule has 1 atom stereocenters. The second-order valence-electron chi connectivity index (χ2n) is 5.02. The number of carboxylic acids is 1. The zero-order chi connectivity index (χ0) is 15.5. The summed E-state index contributed by atoms with van der Waals surface area (Å²) in [6.45, 7) is 6.36. The van der Waals surface area contributed by atoms with Crippen molar-refractivity contribution in [1.82, 2.24) is 4.72 Å². The van der Waals surface area contributed by atoms with Gasteiger partial charge in [-0.2, -0.15) is 0 Å². The molecule has 0 saturated heterocycles. The van der Waals surface area contributed by atoms with Crippen LogP contribution in [0.3, 0.4) is 0 Å². The topological polar surface area (TPSA) is 83.5 Å². The molecule has 5 nitrogen and oxygen atoms in total. The Morgan fingerprint density at radius 2 is 1.95 bits per heavy atom. The number of benzene rings is 1. The van der Waals surface area contributed by atoms with Crippen molar-refractivity contribution in [3.05, 3.63) is 28.2 Å². The van der Waals surface area contributed by atoms with E-state index in [1.165, 1.54) is 18.2 Å². The second kappa shape index (κ2) is 6.69. The highest BCUT2D eigenvalue weighted by Crippen LogP contribution is 2.23. The summed E-state index contributed by atoms with van der Waals surface area (Å²) in [5.74, 6) is -0.520. The molecule has 0 fully saturated rings. The Hall–Kier alpha value is -0.920. The summed E-state index contributed by atoms with van der Waals surface area (Å²) < 4.78 is 27.1. The van der Waals surface area contributed by atoms with Gasteiger partial charge in [0.05, 0.1) is 10.5 Å². The van der Waals surface area contributed by atoms with Crippen molar-refractivity contribution in [2.45, 2.75) is 25.7 Å². The third kappa shape index (κ3) is 4.29. The van der Waals surface area contributed by atoms with Crippen LogP contribution < -0.4 is 4.72 Å². The van der Waals surface area contributed by atoms with Crippen LogP contribution in [0.25, 0.3) is 0 Å². The molecule has 1 aromatic carbocycles. The number of carboxylic acid groups (broad SMARTS) is 1. The molecule has 1 unspecified atom stereocenters. The van der Waals surface area contributed by atoms with Crippen molar-refractivity contribution >= 4 is 31.9 Å². The van der Waals surface area contributed by atoms with Gasteiger partial charge in [0.2, 0.25) is 10.0 Å². The Bertz CT molecular complexity index is 598. The summed E-state index contributed by atoms with van der Waals surface area (Å²) >= 11 is 3.10. The van der Waals surface area contributed by atoms with Crippen LogP contribution in [0, 0.1) is 11.8 Å². The zero-order valence-corrected chi connectivity index (χ0v) is 14.0. The lowest BCUT2D eigenvalue weighted by Gasteiger charge is -2.16. The van der Waals surface area contributed by atoms with Gasteiger partial charge in [-0.1, -0.05) is 20.8 Å². The molecule has 0 aliphatic heterocycles. The molecule has 1 rings (SSSR count). The van der Waals surface area contributed by atoms with Gasteiger partial charge in [0, 0.05) is 11.0 Å². The minimum Gasteiger partial charge on any atom is -0.478 e. The third-order valence-corrected chi connectivity index (χ3v) is 5.60. The van der Waals surface area contributed by atoms with Gasteiger partial charge in [-0.05, 0) is 46.0 Å². The normalized spacial score (nSPS) is 13.4. The van der Waals surface area contributed by atoms with E-state index in [2.05, 4.69) is 20.7 Å². The van der Waals surface area contributed by atoms with E-state index in [0.29, 0.717) is 12.5 Å². The first-order chi connectivity index (χ1) is 9.15. The van der Waals surface area contributed by atoms with Gasteiger partial charge < -0.3 is 5.11 Å². The summed E-state index contributed by atoms with van der Waals surface area (Å²) in [7, 11) is -3.65. The van der Waals surface area contributed by atoms with Gasteiger partial charge >= 0.3 is 5.97 Å². The third-order valence-electron chi connectivity index (χ3n) is 3.20. The molecular formula is C13H18BrNO4S. The summed E-state index contributed by atoms with van der Waals surface area (Å²) in [5, 5.41) is 8.85. The number of hydrogen-bond donors (Lipinski definition) is 2. The van der Waals surface area contributed by atoms with Crippen LogP contribution in [0.5, 0.6) is 0 Å². The molecule has 0 bridgehead atoms. The van der Waals surface area contributed by atoms with Gasteiger partial charge in [-0.25, -0.2) is 17.9 Å². The number of hydrogen-bond acceptors (Lipinski definition) is 3. The fraction of sp³-hybridized carbons (Fsp3) is 0.462. The molecule has 0 amide bonds. The maximum atomic E-state index is 12.2. The smallest absolute Gasteiger partial charge is 0.335 e. The van der Waals surface area contributed by atoms with Gasteiger partial charge in [-0.3, -0.25) is 0 Å². The van der Waals surface area contributed by atoms with E-state index in [4.69, 9.17) is 5.11 Å². The summed E-state index contributed by atoms with van der Waals surface area (Å²) in [5.41, 5.74) is 0.0337. The molecule has 0 saturated carbocycles. The highest BCUT2D eigenvalue weighted by Gasteiger charge is 2.20. The van der Waals surface area contributed by atoms with E-state index in [1.807, 2.05) is 20.8 Å². The zero-order valence-electron chi connectivity index (χ0n) is 11.6. The Kier molecular flexibility index (Phi) is 5.73. The molecule has 0 aliphatic rings. The first-order valence-electron chi connectivity index (χ1n) is 6.17. The van der Waals surface area contributed by atoms with E-state index >= 15 is 0 Å². The van der Waals surface area contributed by atoms with Gasteiger partial charge in [0.1, 0.15) is 0 Å². The molecule has 0 radical (unpaired) electrons. The second-order valence-corrected chi connectivity index (χ2v) is 7.61. The van der Waals surface area contributed by atoms with E-state index in [0.717, 1.165) is 0 Å². The summed E-state index contributed by atoms with van der Waals surface area (Å²) in [4.78, 5) is 10.9. The number of halogens is 1. The maximum Gasteiger partial charge on any atom is 0.335 e. The quantitative estimate of drug-likeness (QED) is 0.813. The standard InChI is InChI=1S/C13H18BrNO4S/c1-8(2)9(3)7-15-20(18,19)12-5-4-10(13(16)17)6-11(12)14/h4-6,8-9,15H,7H2,1-3H3,(H,16,17). The average molecular weight is 364 g/mol. The number of carbonyl (C=O) groups is 1. The van der Waals surface area contributed by atoms with Gasteiger partial charge in [0.25, 0.3) is 0 Å². The van der Waals surface area contributed by atoms with E-state index in [-0.39, 0.29) is 20.8 Å². The van der Waals surface area contributed by atoms with Crippen LogP contribution in [0.4, 0.5) is 0 Å². The maximum absolute atomic E-state index is 12.2. The SMILES string of the molecule is CC(C)C(C)CNS(=O)(=O)c1ccc(C(=O)O)cc1Br. The number of nitrogens with one attached hydrogen (secondary N) is 1. The molecular weight excluding hydrogens is 346 g/mol. The fourth-order valence-corrected chi connectivity index (χ4v) is 3.63. The van der Waals surface area contributed by atoms with Crippen molar-refractivity contribution in [3.8, 4) is 0 Å². The minimum atomic E-state index is -3.65.